The zero-order chi connectivity index (χ0) is 9.54. The lowest BCUT2D eigenvalue weighted by Gasteiger charge is -2.27. The highest BCUT2D eigenvalue weighted by molar-refractivity contribution is 5.51. The molecule has 0 amide bonds. The predicted molar refractivity (Wildman–Crippen MR) is 56.6 cm³/mol. The Morgan fingerprint density at radius 2 is 2.36 bits per heavy atom. The van der Waals surface area contributed by atoms with E-state index < -0.39 is 0 Å². The third-order valence-electron chi connectivity index (χ3n) is 3.38. The highest BCUT2D eigenvalue weighted by Gasteiger charge is 2.28. The summed E-state index contributed by atoms with van der Waals surface area (Å²) < 4.78 is 0. The molecule has 2 aliphatic rings. The molecule has 1 saturated carbocycles. The SMILES string of the molecule is Cc1[nH]nc2c1CCCN2CC1CC1. The van der Waals surface area contributed by atoms with E-state index in [4.69, 9.17) is 0 Å². The van der Waals surface area contributed by atoms with Gasteiger partial charge in [-0.2, -0.15) is 5.10 Å². The van der Waals surface area contributed by atoms with Crippen LogP contribution in [0.25, 0.3) is 0 Å². The van der Waals surface area contributed by atoms with Crippen LogP contribution in [0.15, 0.2) is 0 Å². The van der Waals surface area contributed by atoms with E-state index in [1.807, 2.05) is 0 Å². The summed E-state index contributed by atoms with van der Waals surface area (Å²) in [5.41, 5.74) is 2.72. The Bertz CT molecular complexity index is 338. The summed E-state index contributed by atoms with van der Waals surface area (Å²) in [7, 11) is 0. The molecule has 3 rings (SSSR count). The van der Waals surface area contributed by atoms with Crippen molar-refractivity contribution < 1.29 is 0 Å². The lowest BCUT2D eigenvalue weighted by atomic mass is 10.1. The second-order valence-electron chi connectivity index (χ2n) is 4.64. The molecule has 76 valence electrons. The summed E-state index contributed by atoms with van der Waals surface area (Å²) in [6.45, 7) is 4.57. The van der Waals surface area contributed by atoms with Gasteiger partial charge in [0, 0.05) is 24.3 Å². The molecule has 0 unspecified atom stereocenters. The number of rotatable bonds is 2. The highest BCUT2D eigenvalue weighted by Crippen LogP contribution is 2.34. The fourth-order valence-electron chi connectivity index (χ4n) is 2.34. The van der Waals surface area contributed by atoms with E-state index in [0.717, 1.165) is 5.92 Å². The van der Waals surface area contributed by atoms with Crippen molar-refractivity contribution in [2.45, 2.75) is 32.6 Å². The average Bonchev–Trinajstić information content (AvgIpc) is 2.92. The standard InChI is InChI=1S/C11H17N3/c1-8-10-3-2-6-14(7-9-4-5-9)11(10)13-12-8/h9H,2-7H2,1H3,(H,12,13). The number of H-pyrrole nitrogens is 1. The molecule has 0 bridgehead atoms. The number of fused-ring (bicyclic) bond motifs is 1. The molecule has 0 atom stereocenters. The van der Waals surface area contributed by atoms with Gasteiger partial charge in [0.25, 0.3) is 0 Å². The maximum Gasteiger partial charge on any atom is 0.153 e. The van der Waals surface area contributed by atoms with E-state index in [9.17, 15) is 0 Å². The fourth-order valence-corrected chi connectivity index (χ4v) is 2.34. The van der Waals surface area contributed by atoms with Crippen LogP contribution in [0.2, 0.25) is 0 Å². The van der Waals surface area contributed by atoms with Crippen molar-refractivity contribution in [1.29, 1.82) is 0 Å². The second-order valence-corrected chi connectivity index (χ2v) is 4.64. The predicted octanol–water partition coefficient (Wildman–Crippen LogP) is 1.88. The van der Waals surface area contributed by atoms with Gasteiger partial charge >= 0.3 is 0 Å². The average molecular weight is 191 g/mol. The number of hydrogen-bond acceptors (Lipinski definition) is 2. The first-order valence-electron chi connectivity index (χ1n) is 5.63. The molecular formula is C11H17N3. The van der Waals surface area contributed by atoms with Crippen molar-refractivity contribution in [3.05, 3.63) is 11.3 Å². The van der Waals surface area contributed by atoms with Gasteiger partial charge in [0.15, 0.2) is 5.82 Å². The summed E-state index contributed by atoms with van der Waals surface area (Å²) in [5.74, 6) is 2.19. The van der Waals surface area contributed by atoms with Crippen LogP contribution in [0.1, 0.15) is 30.5 Å². The number of anilines is 1. The minimum atomic E-state index is 0.956. The largest absolute Gasteiger partial charge is 0.355 e. The molecule has 1 aliphatic heterocycles. The molecule has 1 aromatic heterocycles. The molecule has 1 N–H and O–H groups in total. The zero-order valence-corrected chi connectivity index (χ0v) is 8.71. The molecule has 0 saturated heterocycles. The molecule has 2 heterocycles. The minimum Gasteiger partial charge on any atom is -0.355 e. The van der Waals surface area contributed by atoms with Crippen LogP contribution in [0.5, 0.6) is 0 Å². The first kappa shape index (κ1) is 8.33. The number of hydrogen-bond donors (Lipinski definition) is 1. The van der Waals surface area contributed by atoms with Crippen LogP contribution in [0, 0.1) is 12.8 Å². The Hall–Kier alpha value is -0.990. The highest BCUT2D eigenvalue weighted by atomic mass is 15.3. The number of aromatic amines is 1. The summed E-state index contributed by atoms with van der Waals surface area (Å²) in [6.07, 6.45) is 5.35. The van der Waals surface area contributed by atoms with E-state index >= 15 is 0 Å². The van der Waals surface area contributed by atoms with E-state index in [2.05, 4.69) is 22.0 Å². The monoisotopic (exact) mass is 191 g/mol. The molecule has 14 heavy (non-hydrogen) atoms. The number of nitrogens with one attached hydrogen (secondary N) is 1. The van der Waals surface area contributed by atoms with Crippen molar-refractivity contribution in [2.24, 2.45) is 5.92 Å². The van der Waals surface area contributed by atoms with E-state index in [1.165, 1.54) is 55.8 Å². The Morgan fingerprint density at radius 1 is 1.50 bits per heavy atom. The molecule has 3 heteroatoms. The zero-order valence-electron chi connectivity index (χ0n) is 8.71. The molecule has 0 radical (unpaired) electrons. The summed E-state index contributed by atoms with van der Waals surface area (Å²) in [5, 5.41) is 7.53. The molecule has 0 aromatic carbocycles. The molecule has 3 nitrogen and oxygen atoms in total. The van der Waals surface area contributed by atoms with Gasteiger partial charge in [0.2, 0.25) is 0 Å². The first-order valence-corrected chi connectivity index (χ1v) is 5.63. The Labute approximate surface area is 84.5 Å². The number of aromatic nitrogens is 2. The normalized spacial score (nSPS) is 21.1. The van der Waals surface area contributed by atoms with E-state index in [-0.39, 0.29) is 0 Å². The second kappa shape index (κ2) is 3.01. The van der Waals surface area contributed by atoms with Gasteiger partial charge in [-0.05, 0) is 38.5 Å². The Kier molecular flexibility index (Phi) is 1.79. The first-order chi connectivity index (χ1) is 6.84. The third-order valence-corrected chi connectivity index (χ3v) is 3.38. The molecular weight excluding hydrogens is 174 g/mol. The van der Waals surface area contributed by atoms with Crippen LogP contribution in [-0.4, -0.2) is 23.3 Å². The molecule has 1 fully saturated rings. The van der Waals surface area contributed by atoms with Gasteiger partial charge in [0.05, 0.1) is 0 Å². The fraction of sp³-hybridized carbons (Fsp3) is 0.727. The van der Waals surface area contributed by atoms with Crippen molar-refractivity contribution in [3.8, 4) is 0 Å². The van der Waals surface area contributed by atoms with Gasteiger partial charge in [-0.1, -0.05) is 0 Å². The molecule has 1 aliphatic carbocycles. The van der Waals surface area contributed by atoms with Gasteiger partial charge in [-0.15, -0.1) is 0 Å². The van der Waals surface area contributed by atoms with Gasteiger partial charge < -0.3 is 4.90 Å². The molecule has 0 spiro atoms. The summed E-state index contributed by atoms with van der Waals surface area (Å²) in [4.78, 5) is 2.47. The maximum absolute atomic E-state index is 4.42. The molecule has 1 aromatic rings. The lowest BCUT2D eigenvalue weighted by molar-refractivity contribution is 0.650. The van der Waals surface area contributed by atoms with Crippen LogP contribution in [0.3, 0.4) is 0 Å². The third kappa shape index (κ3) is 1.31. The van der Waals surface area contributed by atoms with Gasteiger partial charge in [0.1, 0.15) is 0 Å². The van der Waals surface area contributed by atoms with Crippen molar-refractivity contribution in [3.63, 3.8) is 0 Å². The van der Waals surface area contributed by atoms with E-state index in [1.54, 1.807) is 0 Å². The summed E-state index contributed by atoms with van der Waals surface area (Å²) >= 11 is 0. The lowest BCUT2D eigenvalue weighted by Crippen LogP contribution is -2.31. The Balaban J connectivity index is 1.86. The van der Waals surface area contributed by atoms with Gasteiger partial charge in [-0.25, -0.2) is 0 Å². The van der Waals surface area contributed by atoms with Crippen molar-refractivity contribution in [2.75, 3.05) is 18.0 Å². The van der Waals surface area contributed by atoms with Crippen LogP contribution in [0.4, 0.5) is 5.82 Å². The summed E-state index contributed by atoms with van der Waals surface area (Å²) in [6, 6.07) is 0. The number of nitrogens with zero attached hydrogens (tertiary/aromatic N) is 2. The van der Waals surface area contributed by atoms with Crippen LogP contribution < -0.4 is 4.90 Å². The van der Waals surface area contributed by atoms with Crippen LogP contribution in [-0.2, 0) is 6.42 Å². The van der Waals surface area contributed by atoms with Crippen LogP contribution >= 0.6 is 0 Å². The van der Waals surface area contributed by atoms with Crippen molar-refractivity contribution >= 4 is 5.82 Å². The van der Waals surface area contributed by atoms with E-state index in [0.29, 0.717) is 0 Å². The van der Waals surface area contributed by atoms with Gasteiger partial charge in [-0.3, -0.25) is 5.10 Å². The topological polar surface area (TPSA) is 31.9 Å². The quantitative estimate of drug-likeness (QED) is 0.774. The minimum absolute atomic E-state index is 0.956. The number of aryl methyl sites for hydroxylation is 1. The Morgan fingerprint density at radius 3 is 3.14 bits per heavy atom. The smallest absolute Gasteiger partial charge is 0.153 e. The maximum atomic E-state index is 4.42. The van der Waals surface area contributed by atoms with Crippen molar-refractivity contribution in [1.82, 2.24) is 10.2 Å².